The van der Waals surface area contributed by atoms with Crippen molar-refractivity contribution >= 4 is 11.7 Å². The number of benzene rings is 1. The highest BCUT2D eigenvalue weighted by atomic mass is 19.4. The van der Waals surface area contributed by atoms with Crippen molar-refractivity contribution in [2.75, 3.05) is 0 Å². The Labute approximate surface area is 103 Å². The molecule has 1 rings (SSSR count). The summed E-state index contributed by atoms with van der Waals surface area (Å²) in [5, 5.41) is 28.6. The summed E-state index contributed by atoms with van der Waals surface area (Å²) in [6.45, 7) is 0. The van der Waals surface area contributed by atoms with Gasteiger partial charge in [-0.15, -0.1) is 0 Å². The van der Waals surface area contributed by atoms with Crippen molar-refractivity contribution in [2.45, 2.75) is 12.2 Å². The standard InChI is InChI=1S/C9H7F3N2O5/c10-9(11,12)7(13)4-1-3(8(16)17)2-5(6(4)15)14(18)19/h1-2,7,15H,13H2,(H,16,17)/t7-/m0/s1. The van der Waals surface area contributed by atoms with E-state index in [1.807, 2.05) is 0 Å². The number of phenolic OH excluding ortho intramolecular Hbond substituents is 1. The van der Waals surface area contributed by atoms with Crippen LogP contribution in [0.5, 0.6) is 5.75 Å². The molecule has 0 aliphatic heterocycles. The number of aromatic hydroxyl groups is 1. The number of nitrogens with two attached hydrogens (primary N) is 1. The second-order valence-corrected chi connectivity index (χ2v) is 3.51. The highest BCUT2D eigenvalue weighted by molar-refractivity contribution is 5.89. The molecule has 1 aromatic rings. The number of carbonyl (C=O) groups is 1. The van der Waals surface area contributed by atoms with Gasteiger partial charge in [-0.25, -0.2) is 4.79 Å². The second kappa shape index (κ2) is 4.72. The van der Waals surface area contributed by atoms with Gasteiger partial charge in [0.25, 0.3) is 0 Å². The fourth-order valence-corrected chi connectivity index (χ4v) is 1.32. The zero-order valence-corrected chi connectivity index (χ0v) is 9.01. The normalized spacial score (nSPS) is 13.1. The summed E-state index contributed by atoms with van der Waals surface area (Å²) >= 11 is 0. The van der Waals surface area contributed by atoms with E-state index in [0.29, 0.717) is 12.1 Å². The molecule has 19 heavy (non-hydrogen) atoms. The maximum absolute atomic E-state index is 12.4. The molecule has 0 saturated carbocycles. The van der Waals surface area contributed by atoms with Crippen LogP contribution in [-0.2, 0) is 0 Å². The van der Waals surface area contributed by atoms with Crippen LogP contribution in [-0.4, -0.2) is 27.3 Å². The highest BCUT2D eigenvalue weighted by Gasteiger charge is 2.41. The molecule has 0 aromatic heterocycles. The van der Waals surface area contributed by atoms with Crippen LogP contribution >= 0.6 is 0 Å². The first-order chi connectivity index (χ1) is 8.55. The third-order valence-corrected chi connectivity index (χ3v) is 2.25. The third kappa shape index (κ3) is 2.91. The molecule has 0 fully saturated rings. The number of nitro benzene ring substituents is 1. The number of nitro groups is 1. The lowest BCUT2D eigenvalue weighted by atomic mass is 10.0. The second-order valence-electron chi connectivity index (χ2n) is 3.51. The Balaban J connectivity index is 3.55. The van der Waals surface area contributed by atoms with Crippen LogP contribution in [0.3, 0.4) is 0 Å². The number of hydrogen-bond donors (Lipinski definition) is 3. The first-order valence-corrected chi connectivity index (χ1v) is 4.62. The van der Waals surface area contributed by atoms with E-state index in [4.69, 9.17) is 10.8 Å². The zero-order valence-electron chi connectivity index (χ0n) is 9.01. The van der Waals surface area contributed by atoms with Gasteiger partial charge in [-0.05, 0) is 6.07 Å². The van der Waals surface area contributed by atoms with Gasteiger partial charge >= 0.3 is 17.8 Å². The predicted molar refractivity (Wildman–Crippen MR) is 54.7 cm³/mol. The third-order valence-electron chi connectivity index (χ3n) is 2.25. The van der Waals surface area contributed by atoms with Crippen LogP contribution in [0.4, 0.5) is 18.9 Å². The van der Waals surface area contributed by atoms with E-state index in [2.05, 4.69) is 0 Å². The van der Waals surface area contributed by atoms with Crippen molar-refractivity contribution in [3.63, 3.8) is 0 Å². The van der Waals surface area contributed by atoms with Gasteiger partial charge in [0.2, 0.25) is 0 Å². The molecule has 0 amide bonds. The number of nitrogens with zero attached hydrogens (tertiary/aromatic N) is 1. The number of carboxylic acid groups (broad SMARTS) is 1. The molecule has 0 bridgehead atoms. The number of carboxylic acids is 1. The van der Waals surface area contributed by atoms with Crippen LogP contribution < -0.4 is 5.73 Å². The molecular weight excluding hydrogens is 273 g/mol. The molecule has 4 N–H and O–H groups in total. The van der Waals surface area contributed by atoms with E-state index in [1.165, 1.54) is 0 Å². The van der Waals surface area contributed by atoms with Crippen LogP contribution in [0.1, 0.15) is 22.0 Å². The number of alkyl halides is 3. The lowest BCUT2D eigenvalue weighted by molar-refractivity contribution is -0.386. The first kappa shape index (κ1) is 14.7. The Morgan fingerprint density at radius 2 is 1.95 bits per heavy atom. The minimum Gasteiger partial charge on any atom is -0.502 e. The van der Waals surface area contributed by atoms with Crippen LogP contribution in [0.25, 0.3) is 0 Å². The molecule has 0 unspecified atom stereocenters. The molecule has 1 aromatic carbocycles. The largest absolute Gasteiger partial charge is 0.502 e. The van der Waals surface area contributed by atoms with Crippen molar-refractivity contribution in [3.8, 4) is 5.75 Å². The molecule has 0 aliphatic rings. The van der Waals surface area contributed by atoms with Gasteiger partial charge in [-0.1, -0.05) is 0 Å². The van der Waals surface area contributed by atoms with Gasteiger partial charge in [0.1, 0.15) is 6.04 Å². The summed E-state index contributed by atoms with van der Waals surface area (Å²) in [4.78, 5) is 20.0. The fourth-order valence-electron chi connectivity index (χ4n) is 1.32. The Hall–Kier alpha value is -2.36. The monoisotopic (exact) mass is 280 g/mol. The lowest BCUT2D eigenvalue weighted by Gasteiger charge is -2.17. The molecule has 1 atom stereocenters. The lowest BCUT2D eigenvalue weighted by Crippen LogP contribution is -2.28. The Morgan fingerprint density at radius 3 is 2.32 bits per heavy atom. The average molecular weight is 280 g/mol. The van der Waals surface area contributed by atoms with Gasteiger partial charge in [-0.3, -0.25) is 10.1 Å². The number of aromatic carboxylic acids is 1. The maximum Gasteiger partial charge on any atom is 0.407 e. The zero-order chi connectivity index (χ0) is 15.0. The quantitative estimate of drug-likeness (QED) is 0.569. The van der Waals surface area contributed by atoms with E-state index < -0.39 is 45.7 Å². The van der Waals surface area contributed by atoms with E-state index in [1.54, 1.807) is 0 Å². The molecular formula is C9H7F3N2O5. The van der Waals surface area contributed by atoms with Crippen molar-refractivity contribution in [1.82, 2.24) is 0 Å². The number of phenols is 1. The summed E-state index contributed by atoms with van der Waals surface area (Å²) in [5.74, 6) is -2.99. The minimum absolute atomic E-state index is 0.447. The van der Waals surface area contributed by atoms with E-state index in [-0.39, 0.29) is 0 Å². The minimum atomic E-state index is -4.98. The summed E-state index contributed by atoms with van der Waals surface area (Å²) < 4.78 is 37.3. The molecule has 7 nitrogen and oxygen atoms in total. The Kier molecular flexibility index (Phi) is 3.65. The highest BCUT2D eigenvalue weighted by Crippen LogP contribution is 2.40. The topological polar surface area (TPSA) is 127 Å². The van der Waals surface area contributed by atoms with E-state index in [9.17, 15) is 33.2 Å². The van der Waals surface area contributed by atoms with Gasteiger partial charge in [0.15, 0.2) is 5.75 Å². The van der Waals surface area contributed by atoms with Gasteiger partial charge in [0, 0.05) is 11.6 Å². The van der Waals surface area contributed by atoms with Crippen molar-refractivity contribution in [3.05, 3.63) is 33.4 Å². The molecule has 0 aliphatic carbocycles. The van der Waals surface area contributed by atoms with Crippen LogP contribution in [0, 0.1) is 10.1 Å². The molecule has 0 radical (unpaired) electrons. The first-order valence-electron chi connectivity index (χ1n) is 4.62. The Bertz CT molecular complexity index is 543. The van der Waals surface area contributed by atoms with Gasteiger partial charge < -0.3 is 15.9 Å². The van der Waals surface area contributed by atoms with Crippen molar-refractivity contribution in [2.24, 2.45) is 5.73 Å². The van der Waals surface area contributed by atoms with Crippen molar-refractivity contribution < 1.29 is 33.1 Å². The predicted octanol–water partition coefficient (Wildman–Crippen LogP) is 1.56. The Morgan fingerprint density at radius 1 is 1.42 bits per heavy atom. The summed E-state index contributed by atoms with van der Waals surface area (Å²) in [5.41, 5.74) is 1.80. The smallest absolute Gasteiger partial charge is 0.407 e. The summed E-state index contributed by atoms with van der Waals surface area (Å²) in [6, 6.07) is -1.84. The van der Waals surface area contributed by atoms with Crippen LogP contribution in [0.2, 0.25) is 0 Å². The fraction of sp³-hybridized carbons (Fsp3) is 0.222. The van der Waals surface area contributed by atoms with E-state index >= 15 is 0 Å². The molecule has 0 heterocycles. The number of hydrogen-bond acceptors (Lipinski definition) is 5. The number of halogens is 3. The summed E-state index contributed by atoms with van der Waals surface area (Å²) in [6.07, 6.45) is -4.98. The molecule has 0 spiro atoms. The van der Waals surface area contributed by atoms with Crippen LogP contribution in [0.15, 0.2) is 12.1 Å². The molecule has 0 saturated heterocycles. The molecule has 10 heteroatoms. The SMILES string of the molecule is N[C@@H](c1cc(C(=O)O)cc([N+](=O)[O-])c1O)C(F)(F)F. The van der Waals surface area contributed by atoms with Gasteiger partial charge in [-0.2, -0.15) is 13.2 Å². The average Bonchev–Trinajstić information content (AvgIpc) is 2.26. The van der Waals surface area contributed by atoms with E-state index in [0.717, 1.165) is 0 Å². The number of rotatable bonds is 3. The summed E-state index contributed by atoms with van der Waals surface area (Å²) in [7, 11) is 0. The molecule has 104 valence electrons. The van der Waals surface area contributed by atoms with Gasteiger partial charge in [0.05, 0.1) is 10.5 Å². The van der Waals surface area contributed by atoms with Crippen molar-refractivity contribution in [1.29, 1.82) is 0 Å². The maximum atomic E-state index is 12.4.